The van der Waals surface area contributed by atoms with E-state index >= 15 is 0 Å². The van der Waals surface area contributed by atoms with E-state index in [1.54, 1.807) is 11.3 Å². The molecule has 3 nitrogen and oxygen atoms in total. The Balaban J connectivity index is 1.86. The molecular formula is C14H22N2OS. The van der Waals surface area contributed by atoms with Crippen molar-refractivity contribution < 1.29 is 4.79 Å². The zero-order valence-corrected chi connectivity index (χ0v) is 12.0. The highest BCUT2D eigenvalue weighted by Crippen LogP contribution is 2.34. The molecule has 1 aromatic heterocycles. The maximum Gasteiger partial charge on any atom is 0.227 e. The lowest BCUT2D eigenvalue weighted by molar-refractivity contribution is -0.132. The first-order chi connectivity index (χ1) is 8.65. The van der Waals surface area contributed by atoms with Gasteiger partial charge in [-0.05, 0) is 36.8 Å². The molecule has 1 atom stereocenters. The Kier molecular flexibility index (Phi) is 4.40. The van der Waals surface area contributed by atoms with E-state index in [1.165, 1.54) is 4.88 Å². The molecule has 1 aliphatic rings. The largest absolute Gasteiger partial charge is 0.355 e. The normalized spacial score (nSPS) is 23.5. The standard InChI is InChI=1S/C14H22N2OS/c1-11(2)14(6-8-15-10-14)13(17)16-7-5-12-4-3-9-18-12/h3-4,9,11,15H,5-8,10H2,1-2H3,(H,16,17). The van der Waals surface area contributed by atoms with Gasteiger partial charge in [0.2, 0.25) is 5.91 Å². The van der Waals surface area contributed by atoms with Gasteiger partial charge in [-0.1, -0.05) is 19.9 Å². The summed E-state index contributed by atoms with van der Waals surface area (Å²) < 4.78 is 0. The van der Waals surface area contributed by atoms with Gasteiger partial charge in [0.05, 0.1) is 5.41 Å². The molecule has 0 bridgehead atoms. The first-order valence-corrected chi connectivity index (χ1v) is 7.54. The molecule has 0 saturated carbocycles. The zero-order chi connectivity index (χ0) is 13.0. The lowest BCUT2D eigenvalue weighted by atomic mass is 9.75. The minimum Gasteiger partial charge on any atom is -0.355 e. The maximum atomic E-state index is 12.4. The van der Waals surface area contributed by atoms with Crippen LogP contribution in [0.25, 0.3) is 0 Å². The SMILES string of the molecule is CC(C)C1(C(=O)NCCc2cccs2)CCNC1. The fraction of sp³-hybridized carbons (Fsp3) is 0.643. The summed E-state index contributed by atoms with van der Waals surface area (Å²) in [5.74, 6) is 0.605. The number of hydrogen-bond donors (Lipinski definition) is 2. The molecule has 100 valence electrons. The first kappa shape index (κ1) is 13.6. The van der Waals surface area contributed by atoms with Crippen LogP contribution in [-0.2, 0) is 11.2 Å². The second-order valence-electron chi connectivity index (χ2n) is 5.32. The summed E-state index contributed by atoms with van der Waals surface area (Å²) in [6.45, 7) is 6.80. The van der Waals surface area contributed by atoms with Crippen molar-refractivity contribution >= 4 is 17.2 Å². The Morgan fingerprint density at radius 2 is 2.44 bits per heavy atom. The summed E-state index contributed by atoms with van der Waals surface area (Å²) in [6.07, 6.45) is 1.89. The molecule has 1 unspecified atom stereocenters. The van der Waals surface area contributed by atoms with E-state index in [2.05, 4.69) is 42.0 Å². The highest BCUT2D eigenvalue weighted by atomic mass is 32.1. The Labute approximate surface area is 113 Å². The maximum absolute atomic E-state index is 12.4. The summed E-state index contributed by atoms with van der Waals surface area (Å²) >= 11 is 1.75. The molecule has 1 aromatic rings. The van der Waals surface area contributed by atoms with Crippen molar-refractivity contribution in [2.45, 2.75) is 26.7 Å². The summed E-state index contributed by atoms with van der Waals surface area (Å²) in [4.78, 5) is 13.7. The molecule has 0 aromatic carbocycles. The summed E-state index contributed by atoms with van der Waals surface area (Å²) in [5, 5.41) is 8.51. The number of rotatable bonds is 5. The van der Waals surface area contributed by atoms with E-state index in [-0.39, 0.29) is 11.3 Å². The van der Waals surface area contributed by atoms with Crippen LogP contribution in [0.1, 0.15) is 25.1 Å². The molecule has 0 radical (unpaired) electrons. The van der Waals surface area contributed by atoms with E-state index in [9.17, 15) is 4.79 Å². The molecular weight excluding hydrogens is 244 g/mol. The van der Waals surface area contributed by atoms with Crippen molar-refractivity contribution in [2.75, 3.05) is 19.6 Å². The van der Waals surface area contributed by atoms with Gasteiger partial charge in [0, 0.05) is 18.0 Å². The van der Waals surface area contributed by atoms with Gasteiger partial charge in [-0.25, -0.2) is 0 Å². The zero-order valence-electron chi connectivity index (χ0n) is 11.2. The average Bonchev–Trinajstić information content (AvgIpc) is 3.00. The minimum atomic E-state index is -0.199. The van der Waals surface area contributed by atoms with E-state index in [0.29, 0.717) is 5.92 Å². The van der Waals surface area contributed by atoms with Crippen LogP contribution >= 0.6 is 11.3 Å². The summed E-state index contributed by atoms with van der Waals surface area (Å²) in [5.41, 5.74) is -0.199. The predicted octanol–water partition coefficient (Wildman–Crippen LogP) is 2.04. The molecule has 1 aliphatic heterocycles. The summed E-state index contributed by atoms with van der Waals surface area (Å²) in [6, 6.07) is 4.17. The van der Waals surface area contributed by atoms with Crippen LogP contribution in [-0.4, -0.2) is 25.5 Å². The fourth-order valence-corrected chi connectivity index (χ4v) is 3.30. The van der Waals surface area contributed by atoms with E-state index in [4.69, 9.17) is 0 Å². The molecule has 4 heteroatoms. The van der Waals surface area contributed by atoms with Crippen molar-refractivity contribution in [3.8, 4) is 0 Å². The fourth-order valence-electron chi connectivity index (χ4n) is 2.59. The van der Waals surface area contributed by atoms with E-state index in [0.717, 1.165) is 32.5 Å². The predicted molar refractivity (Wildman–Crippen MR) is 75.8 cm³/mol. The minimum absolute atomic E-state index is 0.199. The second-order valence-corrected chi connectivity index (χ2v) is 6.36. The monoisotopic (exact) mass is 266 g/mol. The quantitative estimate of drug-likeness (QED) is 0.856. The van der Waals surface area contributed by atoms with Gasteiger partial charge >= 0.3 is 0 Å². The second kappa shape index (κ2) is 5.85. The van der Waals surface area contributed by atoms with Crippen molar-refractivity contribution in [3.05, 3.63) is 22.4 Å². The van der Waals surface area contributed by atoms with Crippen LogP contribution in [0.15, 0.2) is 17.5 Å². The van der Waals surface area contributed by atoms with Crippen molar-refractivity contribution in [3.63, 3.8) is 0 Å². The van der Waals surface area contributed by atoms with Crippen LogP contribution < -0.4 is 10.6 Å². The van der Waals surface area contributed by atoms with Crippen LogP contribution in [0.5, 0.6) is 0 Å². The lowest BCUT2D eigenvalue weighted by Gasteiger charge is -2.31. The number of carbonyl (C=O) groups excluding carboxylic acids is 1. The van der Waals surface area contributed by atoms with Gasteiger partial charge in [0.15, 0.2) is 0 Å². The average molecular weight is 266 g/mol. The number of amides is 1. The van der Waals surface area contributed by atoms with Crippen LogP contribution in [0, 0.1) is 11.3 Å². The number of thiophene rings is 1. The third-order valence-electron chi connectivity index (χ3n) is 3.98. The summed E-state index contributed by atoms with van der Waals surface area (Å²) in [7, 11) is 0. The number of carbonyl (C=O) groups is 1. The van der Waals surface area contributed by atoms with Gasteiger partial charge in [0.1, 0.15) is 0 Å². The molecule has 2 heterocycles. The van der Waals surface area contributed by atoms with Crippen molar-refractivity contribution in [1.29, 1.82) is 0 Å². The van der Waals surface area contributed by atoms with Crippen LogP contribution in [0.2, 0.25) is 0 Å². The molecule has 0 aliphatic carbocycles. The molecule has 1 saturated heterocycles. The van der Waals surface area contributed by atoms with Gasteiger partial charge in [-0.15, -0.1) is 11.3 Å². The van der Waals surface area contributed by atoms with Gasteiger partial charge in [-0.2, -0.15) is 0 Å². The molecule has 0 spiro atoms. The van der Waals surface area contributed by atoms with E-state index in [1.807, 2.05) is 0 Å². The third-order valence-corrected chi connectivity index (χ3v) is 4.92. The van der Waals surface area contributed by atoms with Crippen LogP contribution in [0.3, 0.4) is 0 Å². The van der Waals surface area contributed by atoms with Gasteiger partial charge in [-0.3, -0.25) is 4.79 Å². The topological polar surface area (TPSA) is 41.1 Å². The molecule has 18 heavy (non-hydrogen) atoms. The molecule has 2 N–H and O–H groups in total. The Hall–Kier alpha value is -0.870. The molecule has 2 rings (SSSR count). The van der Waals surface area contributed by atoms with Gasteiger partial charge < -0.3 is 10.6 Å². The molecule has 1 amide bonds. The highest BCUT2D eigenvalue weighted by Gasteiger charge is 2.43. The Bertz CT molecular complexity index is 381. The van der Waals surface area contributed by atoms with Crippen LogP contribution in [0.4, 0.5) is 0 Å². The number of hydrogen-bond acceptors (Lipinski definition) is 3. The third kappa shape index (κ3) is 2.75. The van der Waals surface area contributed by atoms with Crippen molar-refractivity contribution in [2.24, 2.45) is 11.3 Å². The lowest BCUT2D eigenvalue weighted by Crippen LogP contribution is -2.46. The van der Waals surface area contributed by atoms with Gasteiger partial charge in [0.25, 0.3) is 0 Å². The smallest absolute Gasteiger partial charge is 0.227 e. The first-order valence-electron chi connectivity index (χ1n) is 6.66. The Morgan fingerprint density at radius 1 is 1.61 bits per heavy atom. The van der Waals surface area contributed by atoms with Crippen molar-refractivity contribution in [1.82, 2.24) is 10.6 Å². The number of nitrogens with one attached hydrogen (secondary N) is 2. The molecule has 1 fully saturated rings. The Morgan fingerprint density at radius 3 is 3.00 bits per heavy atom. The van der Waals surface area contributed by atoms with E-state index < -0.39 is 0 Å². The highest BCUT2D eigenvalue weighted by molar-refractivity contribution is 7.09.